The fourth-order valence-electron chi connectivity index (χ4n) is 4.13. The first-order chi connectivity index (χ1) is 16.5. The average molecular weight is 463 g/mol. The highest BCUT2D eigenvalue weighted by Crippen LogP contribution is 2.36. The SMILES string of the molecule is CCOC(=O)Cc1c(C(=O)OCC)[nH]c2cc(-c3c(C(=O)OCC)[nH]c4ccccc34)ccc12. The van der Waals surface area contributed by atoms with Crippen molar-refractivity contribution in [1.82, 2.24) is 9.97 Å². The van der Waals surface area contributed by atoms with Gasteiger partial charge in [0.2, 0.25) is 0 Å². The number of esters is 3. The predicted molar refractivity (Wildman–Crippen MR) is 128 cm³/mol. The first kappa shape index (κ1) is 23.1. The Hall–Kier alpha value is -4.07. The number of hydrogen-bond acceptors (Lipinski definition) is 6. The van der Waals surface area contributed by atoms with Crippen molar-refractivity contribution in [1.29, 1.82) is 0 Å². The van der Waals surface area contributed by atoms with E-state index in [0.29, 0.717) is 27.7 Å². The van der Waals surface area contributed by atoms with Crippen molar-refractivity contribution in [3.63, 3.8) is 0 Å². The Labute approximate surface area is 196 Å². The normalized spacial score (nSPS) is 11.0. The lowest BCUT2D eigenvalue weighted by atomic mass is 9.99. The van der Waals surface area contributed by atoms with Crippen LogP contribution >= 0.6 is 0 Å². The Bertz CT molecular complexity index is 1380. The number of carbonyl (C=O) groups excluding carboxylic acids is 3. The summed E-state index contributed by atoms with van der Waals surface area (Å²) in [4.78, 5) is 43.8. The molecule has 176 valence electrons. The molecular weight excluding hydrogens is 436 g/mol. The Kier molecular flexibility index (Phi) is 6.67. The Morgan fingerprint density at radius 1 is 0.735 bits per heavy atom. The predicted octanol–water partition coefficient (Wildman–Crippen LogP) is 4.78. The molecule has 0 aliphatic rings. The van der Waals surface area contributed by atoms with Gasteiger partial charge in [0.05, 0.1) is 26.2 Å². The fourth-order valence-corrected chi connectivity index (χ4v) is 4.13. The van der Waals surface area contributed by atoms with Crippen LogP contribution in [0.3, 0.4) is 0 Å². The number of benzene rings is 2. The smallest absolute Gasteiger partial charge is 0.355 e. The maximum atomic E-state index is 12.7. The molecule has 2 aromatic heterocycles. The van der Waals surface area contributed by atoms with Crippen LogP contribution in [-0.4, -0.2) is 47.7 Å². The molecule has 2 N–H and O–H groups in total. The monoisotopic (exact) mass is 462 g/mol. The molecule has 4 rings (SSSR count). The van der Waals surface area contributed by atoms with Gasteiger partial charge in [0.15, 0.2) is 0 Å². The number of fused-ring (bicyclic) bond motifs is 2. The molecule has 8 heteroatoms. The quantitative estimate of drug-likeness (QED) is 0.288. The molecule has 0 radical (unpaired) electrons. The van der Waals surface area contributed by atoms with E-state index in [1.165, 1.54) is 0 Å². The molecule has 0 aliphatic carbocycles. The van der Waals surface area contributed by atoms with E-state index in [1.54, 1.807) is 20.8 Å². The summed E-state index contributed by atoms with van der Waals surface area (Å²) in [6.07, 6.45) is -0.0670. The lowest BCUT2D eigenvalue weighted by Gasteiger charge is -2.06. The molecule has 0 atom stereocenters. The van der Waals surface area contributed by atoms with Gasteiger partial charge in [-0.15, -0.1) is 0 Å². The van der Waals surface area contributed by atoms with Crippen molar-refractivity contribution < 1.29 is 28.6 Å². The standard InChI is InChI=1S/C26H26N2O6/c1-4-32-21(29)14-18-16-12-11-15(13-20(16)28-23(18)25(30)33-5-2)22-17-9-7-8-10-19(17)27-24(22)26(31)34-6-3/h7-13,27-28H,4-6,14H2,1-3H3. The minimum absolute atomic E-state index is 0.0670. The van der Waals surface area contributed by atoms with E-state index >= 15 is 0 Å². The summed E-state index contributed by atoms with van der Waals surface area (Å²) in [5.41, 5.74) is 3.99. The third-order valence-electron chi connectivity index (χ3n) is 5.49. The van der Waals surface area contributed by atoms with Gasteiger partial charge in [-0.2, -0.15) is 0 Å². The second-order valence-corrected chi connectivity index (χ2v) is 7.58. The second kappa shape index (κ2) is 9.82. The largest absolute Gasteiger partial charge is 0.466 e. The first-order valence-electron chi connectivity index (χ1n) is 11.2. The van der Waals surface area contributed by atoms with Gasteiger partial charge in [0, 0.05) is 32.9 Å². The molecule has 0 saturated carbocycles. The summed E-state index contributed by atoms with van der Waals surface area (Å²) in [6.45, 7) is 5.91. The van der Waals surface area contributed by atoms with Gasteiger partial charge in [0.1, 0.15) is 11.4 Å². The van der Waals surface area contributed by atoms with E-state index in [1.807, 2.05) is 42.5 Å². The number of H-pyrrole nitrogens is 2. The van der Waals surface area contributed by atoms with Gasteiger partial charge in [0.25, 0.3) is 0 Å². The van der Waals surface area contributed by atoms with Crippen LogP contribution in [0, 0.1) is 0 Å². The number of hydrogen-bond donors (Lipinski definition) is 2. The van der Waals surface area contributed by atoms with E-state index in [2.05, 4.69) is 9.97 Å². The molecule has 0 amide bonds. The molecule has 8 nitrogen and oxygen atoms in total. The van der Waals surface area contributed by atoms with Crippen LogP contribution in [0.1, 0.15) is 47.3 Å². The van der Waals surface area contributed by atoms with E-state index < -0.39 is 17.9 Å². The van der Waals surface area contributed by atoms with E-state index in [0.717, 1.165) is 16.5 Å². The van der Waals surface area contributed by atoms with Gasteiger partial charge >= 0.3 is 17.9 Å². The molecule has 2 aromatic carbocycles. The highest BCUT2D eigenvalue weighted by molar-refractivity contribution is 6.09. The molecule has 0 aliphatic heterocycles. The minimum atomic E-state index is -0.543. The van der Waals surface area contributed by atoms with Gasteiger partial charge in [-0.05, 0) is 38.5 Å². The second-order valence-electron chi connectivity index (χ2n) is 7.58. The zero-order valence-electron chi connectivity index (χ0n) is 19.3. The summed E-state index contributed by atoms with van der Waals surface area (Å²) in [7, 11) is 0. The fraction of sp³-hybridized carbons (Fsp3) is 0.269. The highest BCUT2D eigenvalue weighted by atomic mass is 16.5. The Morgan fingerprint density at radius 3 is 2.09 bits per heavy atom. The van der Waals surface area contributed by atoms with E-state index in [-0.39, 0.29) is 31.9 Å². The summed E-state index contributed by atoms with van der Waals surface area (Å²) >= 11 is 0. The lowest BCUT2D eigenvalue weighted by Crippen LogP contribution is -2.12. The molecule has 0 fully saturated rings. The van der Waals surface area contributed by atoms with Crippen LogP contribution in [0.25, 0.3) is 32.9 Å². The zero-order valence-corrected chi connectivity index (χ0v) is 19.3. The minimum Gasteiger partial charge on any atom is -0.466 e. The first-order valence-corrected chi connectivity index (χ1v) is 11.2. The van der Waals surface area contributed by atoms with Crippen molar-refractivity contribution in [2.45, 2.75) is 27.2 Å². The van der Waals surface area contributed by atoms with Crippen molar-refractivity contribution >= 4 is 39.7 Å². The molecule has 0 saturated heterocycles. The van der Waals surface area contributed by atoms with Crippen LogP contribution in [0.15, 0.2) is 42.5 Å². The highest BCUT2D eigenvalue weighted by Gasteiger charge is 2.24. The molecule has 2 heterocycles. The lowest BCUT2D eigenvalue weighted by molar-refractivity contribution is -0.142. The number of aromatic nitrogens is 2. The number of nitrogens with one attached hydrogen (secondary N) is 2. The van der Waals surface area contributed by atoms with Crippen molar-refractivity contribution in [2.24, 2.45) is 0 Å². The molecule has 0 spiro atoms. The topological polar surface area (TPSA) is 110 Å². The van der Waals surface area contributed by atoms with Crippen molar-refractivity contribution in [3.05, 3.63) is 59.4 Å². The molecule has 0 unspecified atom stereocenters. The van der Waals surface area contributed by atoms with Crippen LogP contribution in [0.2, 0.25) is 0 Å². The zero-order chi connectivity index (χ0) is 24.2. The van der Waals surface area contributed by atoms with Gasteiger partial charge < -0.3 is 24.2 Å². The molecule has 34 heavy (non-hydrogen) atoms. The number of para-hydroxylation sites is 1. The van der Waals surface area contributed by atoms with Crippen LogP contribution in [-0.2, 0) is 25.4 Å². The maximum Gasteiger partial charge on any atom is 0.355 e. The van der Waals surface area contributed by atoms with Crippen LogP contribution in [0.4, 0.5) is 0 Å². The van der Waals surface area contributed by atoms with E-state index in [4.69, 9.17) is 14.2 Å². The van der Waals surface area contributed by atoms with E-state index in [9.17, 15) is 14.4 Å². The van der Waals surface area contributed by atoms with Crippen molar-refractivity contribution in [3.8, 4) is 11.1 Å². The number of rotatable bonds is 8. The number of ether oxygens (including phenoxy) is 3. The average Bonchev–Trinajstić information content (AvgIpc) is 3.38. The van der Waals surface area contributed by atoms with Crippen LogP contribution < -0.4 is 0 Å². The summed E-state index contributed by atoms with van der Waals surface area (Å²) in [5, 5.41) is 1.58. The third kappa shape index (κ3) is 4.26. The Morgan fingerprint density at radius 2 is 1.38 bits per heavy atom. The Balaban J connectivity index is 1.89. The number of aromatic amines is 2. The summed E-state index contributed by atoms with van der Waals surface area (Å²) in [5.74, 6) is -1.42. The number of carbonyl (C=O) groups is 3. The summed E-state index contributed by atoms with van der Waals surface area (Å²) in [6, 6.07) is 13.2. The van der Waals surface area contributed by atoms with Gasteiger partial charge in [-0.25, -0.2) is 9.59 Å². The molecule has 0 bridgehead atoms. The molecular formula is C26H26N2O6. The maximum absolute atomic E-state index is 12.7. The van der Waals surface area contributed by atoms with Crippen molar-refractivity contribution in [2.75, 3.05) is 19.8 Å². The van der Waals surface area contributed by atoms with Gasteiger partial charge in [-0.3, -0.25) is 4.79 Å². The molecule has 4 aromatic rings. The third-order valence-corrected chi connectivity index (χ3v) is 5.49. The summed E-state index contributed by atoms with van der Waals surface area (Å²) < 4.78 is 15.5. The van der Waals surface area contributed by atoms with Crippen LogP contribution in [0.5, 0.6) is 0 Å². The van der Waals surface area contributed by atoms with Gasteiger partial charge in [-0.1, -0.05) is 30.3 Å².